The molecule has 1 saturated heterocycles. The van der Waals surface area contributed by atoms with E-state index in [-0.39, 0.29) is 6.10 Å². The van der Waals surface area contributed by atoms with Crippen molar-refractivity contribution in [1.82, 2.24) is 10.3 Å². The number of ether oxygens (including phenoxy) is 1. The number of morpholine rings is 1. The molecule has 5 nitrogen and oxygen atoms in total. The first-order valence-corrected chi connectivity index (χ1v) is 5.71. The summed E-state index contributed by atoms with van der Waals surface area (Å²) in [6.45, 7) is 3.26. The van der Waals surface area contributed by atoms with Gasteiger partial charge in [0.2, 0.25) is 0 Å². The van der Waals surface area contributed by atoms with E-state index >= 15 is 0 Å². The molecule has 0 amide bonds. The number of pyridine rings is 1. The first-order valence-electron chi connectivity index (χ1n) is 5.71. The van der Waals surface area contributed by atoms with Gasteiger partial charge in [-0.15, -0.1) is 0 Å². The Hall–Kier alpha value is -1.64. The van der Waals surface area contributed by atoms with Crippen molar-refractivity contribution in [3.63, 3.8) is 0 Å². The van der Waals surface area contributed by atoms with Crippen LogP contribution in [0.4, 0.5) is 5.69 Å². The Morgan fingerprint density at radius 1 is 1.71 bits per heavy atom. The summed E-state index contributed by atoms with van der Waals surface area (Å²) in [5.41, 5.74) is 1.50. The molecule has 1 unspecified atom stereocenters. The second-order valence-corrected chi connectivity index (χ2v) is 4.01. The zero-order chi connectivity index (χ0) is 12.1. The van der Waals surface area contributed by atoms with Gasteiger partial charge in [-0.25, -0.2) is 4.98 Å². The quantitative estimate of drug-likeness (QED) is 0.816. The number of nitrogens with one attached hydrogen (secondary N) is 1. The van der Waals surface area contributed by atoms with E-state index in [2.05, 4.69) is 21.3 Å². The van der Waals surface area contributed by atoms with Crippen molar-refractivity contribution in [3.05, 3.63) is 24.0 Å². The maximum Gasteiger partial charge on any atom is 0.142 e. The van der Waals surface area contributed by atoms with E-state index in [9.17, 15) is 0 Å². The van der Waals surface area contributed by atoms with Crippen LogP contribution in [-0.2, 0) is 4.74 Å². The van der Waals surface area contributed by atoms with E-state index in [0.717, 1.165) is 31.9 Å². The smallest absolute Gasteiger partial charge is 0.142 e. The molecule has 5 heteroatoms. The number of anilines is 1. The van der Waals surface area contributed by atoms with E-state index in [4.69, 9.17) is 10.00 Å². The molecule has 1 aromatic heterocycles. The van der Waals surface area contributed by atoms with E-state index in [1.54, 1.807) is 6.20 Å². The van der Waals surface area contributed by atoms with Crippen LogP contribution in [0.15, 0.2) is 18.3 Å². The van der Waals surface area contributed by atoms with Crippen molar-refractivity contribution in [1.29, 1.82) is 5.26 Å². The van der Waals surface area contributed by atoms with Crippen LogP contribution in [0.25, 0.3) is 0 Å². The standard InChI is InChI=1S/C12H16N4O/c1-14-8-12-9-16(4-5-17-12)11-2-3-15-10(6-11)7-13/h2-3,6,12,14H,4-5,8-9H2,1H3. The Morgan fingerprint density at radius 3 is 3.35 bits per heavy atom. The SMILES string of the molecule is CNCC1CN(c2ccnc(C#N)c2)CCO1. The van der Waals surface area contributed by atoms with Gasteiger partial charge in [0.05, 0.1) is 12.7 Å². The Labute approximate surface area is 101 Å². The Bertz CT molecular complexity index is 413. The van der Waals surface area contributed by atoms with Gasteiger partial charge in [-0.05, 0) is 19.2 Å². The number of likely N-dealkylation sites (N-methyl/N-ethyl adjacent to an activating group) is 1. The highest BCUT2D eigenvalue weighted by atomic mass is 16.5. The van der Waals surface area contributed by atoms with Gasteiger partial charge >= 0.3 is 0 Å². The molecule has 2 rings (SSSR count). The molecule has 1 atom stereocenters. The van der Waals surface area contributed by atoms with Crippen LogP contribution in [0.1, 0.15) is 5.69 Å². The molecule has 1 aliphatic rings. The van der Waals surface area contributed by atoms with Crippen LogP contribution in [0.5, 0.6) is 0 Å². The first-order chi connectivity index (χ1) is 8.33. The fourth-order valence-electron chi connectivity index (χ4n) is 1.98. The summed E-state index contributed by atoms with van der Waals surface area (Å²) in [5.74, 6) is 0. The van der Waals surface area contributed by atoms with Crippen LogP contribution < -0.4 is 10.2 Å². The molecule has 0 saturated carbocycles. The molecule has 1 fully saturated rings. The number of hydrogen-bond donors (Lipinski definition) is 1. The Kier molecular flexibility index (Phi) is 3.91. The van der Waals surface area contributed by atoms with Crippen molar-refractivity contribution >= 4 is 5.69 Å². The minimum atomic E-state index is 0.201. The lowest BCUT2D eigenvalue weighted by atomic mass is 10.2. The second kappa shape index (κ2) is 5.62. The average molecular weight is 232 g/mol. The average Bonchev–Trinajstić information content (AvgIpc) is 2.40. The normalized spacial score (nSPS) is 20.0. The number of nitriles is 1. The Balaban J connectivity index is 2.08. The van der Waals surface area contributed by atoms with Crippen LogP contribution in [-0.4, -0.2) is 44.4 Å². The van der Waals surface area contributed by atoms with Gasteiger partial charge in [0.15, 0.2) is 0 Å². The molecule has 0 aliphatic carbocycles. The van der Waals surface area contributed by atoms with E-state index in [1.807, 2.05) is 19.2 Å². The van der Waals surface area contributed by atoms with E-state index in [0.29, 0.717) is 5.69 Å². The molecule has 0 bridgehead atoms. The lowest BCUT2D eigenvalue weighted by Crippen LogP contribution is -2.46. The highest BCUT2D eigenvalue weighted by molar-refractivity contribution is 5.49. The Morgan fingerprint density at radius 2 is 2.59 bits per heavy atom. The van der Waals surface area contributed by atoms with Gasteiger partial charge in [-0.2, -0.15) is 5.26 Å². The van der Waals surface area contributed by atoms with Gasteiger partial charge < -0.3 is 15.0 Å². The van der Waals surface area contributed by atoms with Gasteiger partial charge in [0, 0.05) is 31.5 Å². The topological polar surface area (TPSA) is 61.2 Å². The van der Waals surface area contributed by atoms with Crippen LogP contribution in [0.2, 0.25) is 0 Å². The minimum Gasteiger partial charge on any atom is -0.373 e. The summed E-state index contributed by atoms with van der Waals surface area (Å²) in [5, 5.41) is 11.9. The minimum absolute atomic E-state index is 0.201. The predicted octanol–water partition coefficient (Wildman–Crippen LogP) is 0.378. The molecule has 17 heavy (non-hydrogen) atoms. The van der Waals surface area contributed by atoms with Gasteiger partial charge in [0.25, 0.3) is 0 Å². The van der Waals surface area contributed by atoms with E-state index < -0.39 is 0 Å². The fraction of sp³-hybridized carbons (Fsp3) is 0.500. The van der Waals surface area contributed by atoms with Crippen LogP contribution in [0.3, 0.4) is 0 Å². The monoisotopic (exact) mass is 232 g/mol. The fourth-order valence-corrected chi connectivity index (χ4v) is 1.98. The molecule has 0 radical (unpaired) electrons. The summed E-state index contributed by atoms with van der Waals surface area (Å²) < 4.78 is 5.64. The third-order valence-corrected chi connectivity index (χ3v) is 2.79. The molecule has 90 valence electrons. The molecule has 0 aromatic carbocycles. The lowest BCUT2D eigenvalue weighted by Gasteiger charge is -2.34. The van der Waals surface area contributed by atoms with Crippen molar-refractivity contribution in [2.75, 3.05) is 38.2 Å². The number of nitrogens with zero attached hydrogens (tertiary/aromatic N) is 3. The maximum atomic E-state index is 8.83. The zero-order valence-electron chi connectivity index (χ0n) is 9.89. The van der Waals surface area contributed by atoms with Gasteiger partial charge in [-0.3, -0.25) is 0 Å². The van der Waals surface area contributed by atoms with Gasteiger partial charge in [0.1, 0.15) is 11.8 Å². The molecular weight excluding hydrogens is 216 g/mol. The van der Waals surface area contributed by atoms with Crippen molar-refractivity contribution in [2.45, 2.75) is 6.10 Å². The highest BCUT2D eigenvalue weighted by Gasteiger charge is 2.20. The van der Waals surface area contributed by atoms with E-state index in [1.165, 1.54) is 0 Å². The molecule has 2 heterocycles. The van der Waals surface area contributed by atoms with Crippen molar-refractivity contribution < 1.29 is 4.74 Å². The van der Waals surface area contributed by atoms with Gasteiger partial charge in [-0.1, -0.05) is 0 Å². The third kappa shape index (κ3) is 2.93. The molecule has 1 N–H and O–H groups in total. The largest absolute Gasteiger partial charge is 0.373 e. The highest BCUT2D eigenvalue weighted by Crippen LogP contribution is 2.17. The van der Waals surface area contributed by atoms with Crippen LogP contribution >= 0.6 is 0 Å². The molecule has 0 spiro atoms. The van der Waals surface area contributed by atoms with Crippen molar-refractivity contribution in [2.24, 2.45) is 0 Å². The van der Waals surface area contributed by atoms with Crippen molar-refractivity contribution in [3.8, 4) is 6.07 Å². The summed E-state index contributed by atoms with van der Waals surface area (Å²) in [6, 6.07) is 5.82. The number of hydrogen-bond acceptors (Lipinski definition) is 5. The number of aromatic nitrogens is 1. The maximum absolute atomic E-state index is 8.83. The lowest BCUT2D eigenvalue weighted by molar-refractivity contribution is 0.0421. The molecule has 1 aliphatic heterocycles. The first kappa shape index (κ1) is 11.8. The summed E-state index contributed by atoms with van der Waals surface area (Å²) in [7, 11) is 1.92. The summed E-state index contributed by atoms with van der Waals surface area (Å²) in [6.07, 6.45) is 1.88. The van der Waals surface area contributed by atoms with Crippen LogP contribution in [0, 0.1) is 11.3 Å². The summed E-state index contributed by atoms with van der Waals surface area (Å²) >= 11 is 0. The second-order valence-electron chi connectivity index (χ2n) is 4.01. The number of rotatable bonds is 3. The third-order valence-electron chi connectivity index (χ3n) is 2.79. The molecule has 1 aromatic rings. The predicted molar refractivity (Wildman–Crippen MR) is 64.8 cm³/mol. The zero-order valence-corrected chi connectivity index (χ0v) is 9.89. The molecular formula is C12H16N4O. The summed E-state index contributed by atoms with van der Waals surface area (Å²) in [4.78, 5) is 6.21.